The Labute approximate surface area is 279 Å². The number of nitrogens with zero attached hydrogens (tertiary/aromatic N) is 4. The summed E-state index contributed by atoms with van der Waals surface area (Å²) >= 11 is 0. The van der Waals surface area contributed by atoms with E-state index in [2.05, 4.69) is 105 Å². The lowest BCUT2D eigenvalue weighted by atomic mass is 9.88. The zero-order valence-corrected chi connectivity index (χ0v) is 27.6. The van der Waals surface area contributed by atoms with E-state index in [0.29, 0.717) is 27.8 Å². The Kier molecular flexibility index (Phi) is 6.00. The third kappa shape index (κ3) is 4.48. The molecule has 0 amide bonds. The maximum absolute atomic E-state index is 8.55. The molecule has 0 N–H and O–H groups in total. The van der Waals surface area contributed by atoms with E-state index in [1.54, 1.807) is 0 Å². The molecule has 47 heavy (non-hydrogen) atoms. The van der Waals surface area contributed by atoms with E-state index < -0.39 is 6.85 Å². The highest BCUT2D eigenvalue weighted by atomic mass is 16.3. The molecule has 8 aromatic rings. The Morgan fingerprint density at radius 3 is 2.17 bits per heavy atom. The molecular formula is C42H39N4O+. The van der Waals surface area contributed by atoms with Crippen LogP contribution in [0.1, 0.15) is 66.2 Å². The van der Waals surface area contributed by atoms with Crippen molar-refractivity contribution in [1.29, 1.82) is 0 Å². The number of hydrogen-bond donors (Lipinski definition) is 0. The van der Waals surface area contributed by atoms with Crippen molar-refractivity contribution in [2.45, 2.75) is 53.3 Å². The summed E-state index contributed by atoms with van der Waals surface area (Å²) in [6, 6.07) is 33.4. The van der Waals surface area contributed by atoms with Crippen LogP contribution in [0.25, 0.3) is 72.2 Å². The van der Waals surface area contributed by atoms with Gasteiger partial charge in [0.15, 0.2) is 16.6 Å². The number of fused-ring (bicyclic) bond motifs is 5. The highest BCUT2D eigenvalue weighted by molar-refractivity contribution is 6.12. The summed E-state index contributed by atoms with van der Waals surface area (Å²) < 4.78 is 36.9. The van der Waals surface area contributed by atoms with Gasteiger partial charge in [0.2, 0.25) is 5.71 Å². The molecule has 4 aromatic carbocycles. The number of imidazole rings is 1. The summed E-state index contributed by atoms with van der Waals surface area (Å²) in [7, 11) is 2.06. The molecule has 0 saturated carbocycles. The molecule has 0 unspecified atom stereocenters. The fourth-order valence-electron chi connectivity index (χ4n) is 7.18. The van der Waals surface area contributed by atoms with Crippen molar-refractivity contribution in [1.82, 2.24) is 14.5 Å². The van der Waals surface area contributed by atoms with Crippen LogP contribution in [0.2, 0.25) is 0 Å². The largest absolute Gasteiger partial charge is 0.437 e. The van der Waals surface area contributed by atoms with Gasteiger partial charge in [0.05, 0.1) is 29.0 Å². The minimum absolute atomic E-state index is 0.0212. The first-order chi connectivity index (χ1) is 23.9. The van der Waals surface area contributed by atoms with Crippen molar-refractivity contribution in [2.75, 3.05) is 0 Å². The number of pyridine rings is 2. The van der Waals surface area contributed by atoms with Gasteiger partial charge in [0.25, 0.3) is 0 Å². The fourth-order valence-corrected chi connectivity index (χ4v) is 7.18. The van der Waals surface area contributed by atoms with Gasteiger partial charge in [-0.1, -0.05) is 88.4 Å². The summed E-state index contributed by atoms with van der Waals surface area (Å²) in [6.07, 6.45) is 0. The third-order valence-electron chi connectivity index (χ3n) is 9.47. The second-order valence-electron chi connectivity index (χ2n) is 13.1. The molecule has 0 radical (unpaired) electrons. The number of furan rings is 1. The van der Waals surface area contributed by atoms with E-state index in [-0.39, 0.29) is 17.5 Å². The number of aryl methyl sites for hydroxylation is 3. The first kappa shape index (κ1) is 25.9. The second-order valence-corrected chi connectivity index (χ2v) is 13.1. The van der Waals surface area contributed by atoms with Crippen molar-refractivity contribution in [3.05, 3.63) is 120 Å². The van der Waals surface area contributed by atoms with Gasteiger partial charge in [0, 0.05) is 26.3 Å². The standard InChI is InChI=1S/C42H39N4O/c1-24(2)31-22-30(28-15-9-8-10-16-28)23-32(25(3)4)39(31)46-36-20-14-13-19-35(36)45(7)42(46)38-27(6)43-26(5)37-33-21-29-17-11-12-18-34(29)44-41(33)47-40(37)38/h8-25H,1-7H3/q+1/i5D3. The molecule has 0 aliphatic rings. The minimum atomic E-state index is -2.47. The summed E-state index contributed by atoms with van der Waals surface area (Å²) in [5, 5.41) is 2.02. The highest BCUT2D eigenvalue weighted by Crippen LogP contribution is 2.43. The highest BCUT2D eigenvalue weighted by Gasteiger charge is 2.35. The van der Waals surface area contributed by atoms with Gasteiger partial charge in [-0.3, -0.25) is 4.98 Å². The van der Waals surface area contributed by atoms with Gasteiger partial charge in [0.1, 0.15) is 11.3 Å². The molecule has 5 heteroatoms. The fraction of sp³-hybridized carbons (Fsp3) is 0.214. The molecule has 8 rings (SSSR count). The smallest absolute Gasteiger partial charge is 0.300 e. The molecule has 0 bridgehead atoms. The molecule has 0 spiro atoms. The molecule has 232 valence electrons. The van der Waals surface area contributed by atoms with Gasteiger partial charge in [-0.25, -0.2) is 9.55 Å². The molecule has 0 atom stereocenters. The lowest BCUT2D eigenvalue weighted by Crippen LogP contribution is -2.31. The van der Waals surface area contributed by atoms with E-state index in [1.807, 2.05) is 43.3 Å². The first-order valence-corrected chi connectivity index (χ1v) is 16.3. The van der Waals surface area contributed by atoms with Crippen LogP contribution in [0.3, 0.4) is 0 Å². The zero-order chi connectivity index (χ0) is 35.1. The Morgan fingerprint density at radius 1 is 0.766 bits per heavy atom. The predicted octanol–water partition coefficient (Wildman–Crippen LogP) is 10.5. The van der Waals surface area contributed by atoms with Crippen molar-refractivity contribution < 1.29 is 13.1 Å². The number of rotatable bonds is 5. The Hall–Kier alpha value is -5.29. The molecule has 5 nitrogen and oxygen atoms in total. The maximum atomic E-state index is 8.55. The normalized spacial score (nSPS) is 13.3. The average Bonchev–Trinajstić information content (AvgIpc) is 3.60. The maximum Gasteiger partial charge on any atom is 0.300 e. The molecule has 0 aliphatic heterocycles. The lowest BCUT2D eigenvalue weighted by Gasteiger charge is -2.21. The topological polar surface area (TPSA) is 47.7 Å². The third-order valence-corrected chi connectivity index (χ3v) is 9.47. The molecule has 0 aliphatic carbocycles. The second kappa shape index (κ2) is 10.9. The van der Waals surface area contributed by atoms with Gasteiger partial charge < -0.3 is 4.42 Å². The van der Waals surface area contributed by atoms with Gasteiger partial charge >= 0.3 is 5.82 Å². The molecule has 4 aromatic heterocycles. The lowest BCUT2D eigenvalue weighted by molar-refractivity contribution is -0.633. The van der Waals surface area contributed by atoms with Crippen LogP contribution in [0.4, 0.5) is 0 Å². The number of benzene rings is 4. The Morgan fingerprint density at radius 2 is 1.45 bits per heavy atom. The summed E-state index contributed by atoms with van der Waals surface area (Å²) in [5.41, 5.74) is 11.0. The molecule has 0 fully saturated rings. The van der Waals surface area contributed by atoms with Gasteiger partial charge in [-0.15, -0.1) is 0 Å². The van der Waals surface area contributed by atoms with Crippen LogP contribution in [-0.4, -0.2) is 14.5 Å². The van der Waals surface area contributed by atoms with Crippen molar-refractivity contribution >= 4 is 44.0 Å². The van der Waals surface area contributed by atoms with Gasteiger partial charge in [-0.2, -0.15) is 4.57 Å². The van der Waals surface area contributed by atoms with Crippen LogP contribution in [0.5, 0.6) is 0 Å². The SMILES string of the molecule is [2H]C([2H])([2H])c1nc(C)c(-c2n(-c3c(C(C)C)cc(-c4ccccc4)cc3C(C)C)c3ccccc3[n+]2C)c2oc3nc4ccccc4cc3c12. The van der Waals surface area contributed by atoms with Gasteiger partial charge in [-0.05, 0) is 73.1 Å². The zero-order valence-electron chi connectivity index (χ0n) is 30.6. The van der Waals surface area contributed by atoms with Crippen LogP contribution in [0.15, 0.2) is 101 Å². The Bertz CT molecular complexity index is 2580. The monoisotopic (exact) mass is 618 g/mol. The summed E-state index contributed by atoms with van der Waals surface area (Å²) in [4.78, 5) is 9.76. The van der Waals surface area contributed by atoms with Crippen LogP contribution in [0, 0.1) is 13.8 Å². The Balaban J connectivity index is 1.55. The first-order valence-electron chi connectivity index (χ1n) is 17.8. The van der Waals surface area contributed by atoms with Crippen LogP contribution >= 0.6 is 0 Å². The molecule has 0 saturated heterocycles. The van der Waals surface area contributed by atoms with Crippen LogP contribution < -0.4 is 4.57 Å². The quantitative estimate of drug-likeness (QED) is 0.180. The number of aromatic nitrogens is 4. The van der Waals surface area contributed by atoms with Crippen molar-refractivity contribution in [2.24, 2.45) is 7.05 Å². The average molecular weight is 619 g/mol. The van der Waals surface area contributed by atoms with E-state index in [1.165, 1.54) is 22.3 Å². The predicted molar refractivity (Wildman–Crippen MR) is 193 cm³/mol. The summed E-state index contributed by atoms with van der Waals surface area (Å²) in [5.74, 6) is 1.26. The van der Waals surface area contributed by atoms with E-state index in [9.17, 15) is 0 Å². The van der Waals surface area contributed by atoms with Crippen molar-refractivity contribution in [3.63, 3.8) is 0 Å². The molecule has 4 heterocycles. The van der Waals surface area contributed by atoms with Crippen molar-refractivity contribution in [3.8, 4) is 28.2 Å². The summed E-state index contributed by atoms with van der Waals surface area (Å²) in [6.45, 7) is 8.39. The molecular weight excluding hydrogens is 576 g/mol. The van der Waals surface area contributed by atoms with Crippen LogP contribution in [-0.2, 0) is 7.05 Å². The number of hydrogen-bond acceptors (Lipinski definition) is 3. The van der Waals surface area contributed by atoms with E-state index >= 15 is 0 Å². The van der Waals surface area contributed by atoms with E-state index in [4.69, 9.17) is 18.5 Å². The van der Waals surface area contributed by atoms with E-state index in [0.717, 1.165) is 39.0 Å². The minimum Gasteiger partial charge on any atom is -0.437 e. The number of para-hydroxylation sites is 3.